The van der Waals surface area contributed by atoms with Gasteiger partial charge in [0, 0.05) is 20.6 Å². The molecule has 0 fully saturated rings. The molecule has 0 radical (unpaired) electrons. The second-order valence-electron chi connectivity index (χ2n) is 4.29. The first kappa shape index (κ1) is 14.7. The molecule has 0 aromatic carbocycles. The van der Waals surface area contributed by atoms with Crippen LogP contribution in [0.3, 0.4) is 0 Å². The van der Waals surface area contributed by atoms with E-state index in [4.69, 9.17) is 11.5 Å². The molecule has 0 spiro atoms. The molecule has 4 N–H and O–H groups in total. The molecule has 7 nitrogen and oxygen atoms in total. The third-order valence-corrected chi connectivity index (χ3v) is 2.72. The Labute approximate surface area is 112 Å². The van der Waals surface area contributed by atoms with Gasteiger partial charge in [0.05, 0.1) is 24.0 Å². The monoisotopic (exact) mass is 265 g/mol. The summed E-state index contributed by atoms with van der Waals surface area (Å²) < 4.78 is 0. The lowest BCUT2D eigenvalue weighted by Gasteiger charge is -2.25. The number of pyridine rings is 1. The molecule has 104 valence electrons. The van der Waals surface area contributed by atoms with Crippen LogP contribution in [-0.4, -0.2) is 48.9 Å². The first-order valence-corrected chi connectivity index (χ1v) is 5.87. The Morgan fingerprint density at radius 1 is 1.37 bits per heavy atom. The number of amides is 2. The number of likely N-dealkylation sites (N-methyl/N-ethyl adjacent to an activating group) is 2. The first-order chi connectivity index (χ1) is 8.86. The van der Waals surface area contributed by atoms with Crippen LogP contribution in [0.1, 0.15) is 17.3 Å². The van der Waals surface area contributed by atoms with Gasteiger partial charge < -0.3 is 21.3 Å². The number of rotatable bonds is 5. The molecule has 1 aromatic heterocycles. The smallest absolute Gasteiger partial charge is 0.251 e. The van der Waals surface area contributed by atoms with Crippen molar-refractivity contribution in [3.05, 3.63) is 17.8 Å². The van der Waals surface area contributed by atoms with Crippen LogP contribution in [0.5, 0.6) is 0 Å². The second kappa shape index (κ2) is 6.03. The summed E-state index contributed by atoms with van der Waals surface area (Å²) in [7, 11) is 3.35. The zero-order valence-electron chi connectivity index (χ0n) is 11.4. The summed E-state index contributed by atoms with van der Waals surface area (Å²) in [6.07, 6.45) is 1.46. The summed E-state index contributed by atoms with van der Waals surface area (Å²) >= 11 is 0. The van der Waals surface area contributed by atoms with E-state index in [0.717, 1.165) is 0 Å². The van der Waals surface area contributed by atoms with Gasteiger partial charge in [-0.2, -0.15) is 0 Å². The highest BCUT2D eigenvalue weighted by atomic mass is 16.2. The van der Waals surface area contributed by atoms with Crippen LogP contribution in [0.25, 0.3) is 0 Å². The highest BCUT2D eigenvalue weighted by Gasteiger charge is 2.18. The number of aromatic nitrogens is 1. The molecule has 0 aliphatic heterocycles. The van der Waals surface area contributed by atoms with E-state index < -0.39 is 5.91 Å². The number of nitrogens with two attached hydrogens (primary N) is 2. The fourth-order valence-corrected chi connectivity index (χ4v) is 1.59. The number of carbonyl (C=O) groups excluding carboxylic acids is 2. The Bertz CT molecular complexity index is 487. The van der Waals surface area contributed by atoms with Crippen LogP contribution in [-0.2, 0) is 4.79 Å². The second-order valence-corrected chi connectivity index (χ2v) is 4.29. The van der Waals surface area contributed by atoms with E-state index in [0.29, 0.717) is 12.2 Å². The average Bonchev–Trinajstić information content (AvgIpc) is 2.35. The van der Waals surface area contributed by atoms with Gasteiger partial charge in [0.1, 0.15) is 5.82 Å². The summed E-state index contributed by atoms with van der Waals surface area (Å²) in [5, 5.41) is 0. The van der Waals surface area contributed by atoms with Gasteiger partial charge in [-0.3, -0.25) is 9.59 Å². The number of nitrogen functional groups attached to an aromatic ring is 1. The molecule has 1 rings (SSSR count). The third-order valence-electron chi connectivity index (χ3n) is 2.72. The summed E-state index contributed by atoms with van der Waals surface area (Å²) in [4.78, 5) is 30.3. The molecule has 0 saturated heterocycles. The molecule has 0 saturated carbocycles. The molecule has 0 aliphatic carbocycles. The van der Waals surface area contributed by atoms with Crippen molar-refractivity contribution >= 4 is 23.3 Å². The molecule has 1 heterocycles. The van der Waals surface area contributed by atoms with Crippen LogP contribution < -0.4 is 16.4 Å². The van der Waals surface area contributed by atoms with Crippen molar-refractivity contribution < 1.29 is 9.59 Å². The standard InChI is InChI=1S/C12H19N5O2/c1-4-17(7-11(18)16(2)3)9-6-15-10(13)5-8(9)12(14)19/h5-6H,4,7H2,1-3H3,(H2,13,15)(H2,14,19). The summed E-state index contributed by atoms with van der Waals surface area (Å²) in [5.41, 5.74) is 11.6. The van der Waals surface area contributed by atoms with Crippen molar-refractivity contribution in [2.75, 3.05) is 37.8 Å². The van der Waals surface area contributed by atoms with E-state index in [2.05, 4.69) is 4.98 Å². The van der Waals surface area contributed by atoms with Gasteiger partial charge in [-0.1, -0.05) is 0 Å². The van der Waals surface area contributed by atoms with Crippen LogP contribution >= 0.6 is 0 Å². The largest absolute Gasteiger partial charge is 0.384 e. The number of nitrogens with zero attached hydrogens (tertiary/aromatic N) is 3. The lowest BCUT2D eigenvalue weighted by molar-refractivity contribution is -0.127. The lowest BCUT2D eigenvalue weighted by atomic mass is 10.2. The quantitative estimate of drug-likeness (QED) is 0.758. The van der Waals surface area contributed by atoms with Crippen molar-refractivity contribution in [1.82, 2.24) is 9.88 Å². The van der Waals surface area contributed by atoms with Crippen LogP contribution in [0, 0.1) is 0 Å². The number of anilines is 2. The van der Waals surface area contributed by atoms with Gasteiger partial charge in [0.25, 0.3) is 5.91 Å². The van der Waals surface area contributed by atoms with Gasteiger partial charge in [-0.25, -0.2) is 4.98 Å². The number of hydrogen-bond donors (Lipinski definition) is 2. The van der Waals surface area contributed by atoms with Crippen molar-refractivity contribution in [3.63, 3.8) is 0 Å². The Hall–Kier alpha value is -2.31. The summed E-state index contributed by atoms with van der Waals surface area (Å²) in [6, 6.07) is 1.42. The van der Waals surface area contributed by atoms with Gasteiger partial charge in [0.15, 0.2) is 0 Å². The Morgan fingerprint density at radius 2 is 2.00 bits per heavy atom. The maximum Gasteiger partial charge on any atom is 0.251 e. The van der Waals surface area contributed by atoms with Crippen molar-refractivity contribution in [2.45, 2.75) is 6.92 Å². The van der Waals surface area contributed by atoms with Crippen molar-refractivity contribution in [1.29, 1.82) is 0 Å². The average molecular weight is 265 g/mol. The minimum atomic E-state index is -0.597. The van der Waals surface area contributed by atoms with E-state index in [1.807, 2.05) is 6.92 Å². The van der Waals surface area contributed by atoms with E-state index in [1.54, 1.807) is 19.0 Å². The van der Waals surface area contributed by atoms with E-state index >= 15 is 0 Å². The number of hydrogen-bond acceptors (Lipinski definition) is 5. The molecule has 0 bridgehead atoms. The Kier molecular flexibility index (Phi) is 4.68. The SMILES string of the molecule is CCN(CC(=O)N(C)C)c1cnc(N)cc1C(N)=O. The van der Waals surface area contributed by atoms with Crippen molar-refractivity contribution in [2.24, 2.45) is 5.73 Å². The molecule has 1 aromatic rings. The maximum atomic E-state index is 11.8. The minimum absolute atomic E-state index is 0.0749. The number of primary amides is 1. The van der Waals surface area contributed by atoms with Gasteiger partial charge in [0.2, 0.25) is 5.91 Å². The first-order valence-electron chi connectivity index (χ1n) is 5.87. The molecule has 0 unspecified atom stereocenters. The number of carbonyl (C=O) groups is 2. The summed E-state index contributed by atoms with van der Waals surface area (Å²) in [6.45, 7) is 2.57. The van der Waals surface area contributed by atoms with Gasteiger partial charge >= 0.3 is 0 Å². The van der Waals surface area contributed by atoms with Crippen LogP contribution in [0.4, 0.5) is 11.5 Å². The van der Waals surface area contributed by atoms with Gasteiger partial charge in [-0.15, -0.1) is 0 Å². The predicted octanol–water partition coefficient (Wildman–Crippen LogP) is -0.323. The fourth-order valence-electron chi connectivity index (χ4n) is 1.59. The molecule has 19 heavy (non-hydrogen) atoms. The molecular formula is C12H19N5O2. The van der Waals surface area contributed by atoms with Crippen molar-refractivity contribution in [3.8, 4) is 0 Å². The summed E-state index contributed by atoms with van der Waals surface area (Å²) in [5.74, 6) is -0.457. The highest BCUT2D eigenvalue weighted by Crippen LogP contribution is 2.20. The maximum absolute atomic E-state index is 11.8. The lowest BCUT2D eigenvalue weighted by Crippen LogP contribution is -2.37. The normalized spacial score (nSPS) is 10.1. The minimum Gasteiger partial charge on any atom is -0.384 e. The Morgan fingerprint density at radius 3 is 2.47 bits per heavy atom. The zero-order valence-corrected chi connectivity index (χ0v) is 11.4. The van der Waals surface area contributed by atoms with E-state index in [1.165, 1.54) is 17.2 Å². The zero-order chi connectivity index (χ0) is 14.6. The predicted molar refractivity (Wildman–Crippen MR) is 73.7 cm³/mol. The topological polar surface area (TPSA) is 106 Å². The van der Waals surface area contributed by atoms with E-state index in [9.17, 15) is 9.59 Å². The third kappa shape index (κ3) is 3.57. The molecule has 7 heteroatoms. The van der Waals surface area contributed by atoms with Crippen LogP contribution in [0.15, 0.2) is 12.3 Å². The Balaban J connectivity index is 3.11. The van der Waals surface area contributed by atoms with Crippen LogP contribution in [0.2, 0.25) is 0 Å². The fraction of sp³-hybridized carbons (Fsp3) is 0.417. The van der Waals surface area contributed by atoms with Gasteiger partial charge in [-0.05, 0) is 13.0 Å². The molecule has 0 aliphatic rings. The molecule has 0 atom stereocenters. The molecule has 2 amide bonds. The highest BCUT2D eigenvalue weighted by molar-refractivity contribution is 5.99. The van der Waals surface area contributed by atoms with E-state index in [-0.39, 0.29) is 23.8 Å². The molecular weight excluding hydrogens is 246 g/mol.